The molecule has 1 aliphatic rings. The first-order chi connectivity index (χ1) is 14.5. The zero-order valence-corrected chi connectivity index (χ0v) is 17.9. The van der Waals surface area contributed by atoms with Crippen LogP contribution in [0.4, 0.5) is 17.1 Å². The van der Waals surface area contributed by atoms with Gasteiger partial charge in [-0.3, -0.25) is 4.98 Å². The van der Waals surface area contributed by atoms with Crippen molar-refractivity contribution in [3.05, 3.63) is 59.8 Å². The number of aryl methyl sites for hydroxylation is 1. The van der Waals surface area contributed by atoms with Gasteiger partial charge in [-0.05, 0) is 81.1 Å². The average molecular weight is 404 g/mol. The number of anilines is 3. The van der Waals surface area contributed by atoms with E-state index in [1.54, 1.807) is 6.07 Å². The first-order valence-corrected chi connectivity index (χ1v) is 10.7. The first-order valence-electron chi connectivity index (χ1n) is 10.7. The lowest BCUT2D eigenvalue weighted by Crippen LogP contribution is -2.32. The molecule has 1 aromatic heterocycles. The van der Waals surface area contributed by atoms with E-state index in [4.69, 9.17) is 4.74 Å². The second-order valence-electron chi connectivity index (χ2n) is 8.11. The molecule has 5 nitrogen and oxygen atoms in total. The minimum Gasteiger partial charge on any atom is -0.462 e. The number of hydrogen-bond donors (Lipinski definition) is 1. The fourth-order valence-electron chi connectivity index (χ4n) is 3.98. The second kappa shape index (κ2) is 8.74. The quantitative estimate of drug-likeness (QED) is 0.554. The smallest absolute Gasteiger partial charge is 0.338 e. The van der Waals surface area contributed by atoms with Crippen LogP contribution < -0.4 is 10.2 Å². The molecule has 2 aromatic carbocycles. The Bertz CT molecular complexity index is 1040. The summed E-state index contributed by atoms with van der Waals surface area (Å²) in [4.78, 5) is 19.2. The third kappa shape index (κ3) is 4.40. The Kier molecular flexibility index (Phi) is 5.88. The van der Waals surface area contributed by atoms with E-state index in [0.29, 0.717) is 12.2 Å². The van der Waals surface area contributed by atoms with E-state index in [0.717, 1.165) is 47.0 Å². The molecule has 4 rings (SSSR count). The molecule has 0 amide bonds. The third-order valence-corrected chi connectivity index (χ3v) is 5.74. The zero-order chi connectivity index (χ0) is 21.1. The van der Waals surface area contributed by atoms with Gasteiger partial charge in [0.05, 0.1) is 17.7 Å². The summed E-state index contributed by atoms with van der Waals surface area (Å²) >= 11 is 0. The Labute approximate surface area is 178 Å². The lowest BCUT2D eigenvalue weighted by atomic mass is 9.99. The summed E-state index contributed by atoms with van der Waals surface area (Å²) in [6.07, 6.45) is 2.51. The normalized spacial score (nSPS) is 14.7. The molecule has 1 N–H and O–H groups in total. The molecule has 0 radical (unpaired) electrons. The van der Waals surface area contributed by atoms with Gasteiger partial charge in [0.25, 0.3) is 0 Å². The van der Waals surface area contributed by atoms with Gasteiger partial charge in [-0.2, -0.15) is 0 Å². The monoisotopic (exact) mass is 403 g/mol. The van der Waals surface area contributed by atoms with Crippen molar-refractivity contribution < 1.29 is 9.53 Å². The highest BCUT2D eigenvalue weighted by Gasteiger charge is 2.16. The molecule has 0 bridgehead atoms. The number of benzene rings is 2. The van der Waals surface area contributed by atoms with E-state index in [1.807, 2.05) is 32.0 Å². The van der Waals surface area contributed by atoms with E-state index in [-0.39, 0.29) is 5.97 Å². The molecule has 30 heavy (non-hydrogen) atoms. The van der Waals surface area contributed by atoms with Crippen molar-refractivity contribution in [3.63, 3.8) is 0 Å². The Morgan fingerprint density at radius 1 is 1.13 bits per heavy atom. The second-order valence-corrected chi connectivity index (χ2v) is 8.11. The minimum atomic E-state index is -0.314. The van der Waals surface area contributed by atoms with Gasteiger partial charge in [-0.25, -0.2) is 4.79 Å². The molecule has 0 aliphatic carbocycles. The molecule has 3 aromatic rings. The predicted molar refractivity (Wildman–Crippen MR) is 123 cm³/mol. The molecule has 1 fully saturated rings. The molecule has 156 valence electrons. The molecule has 1 saturated heterocycles. The maximum absolute atomic E-state index is 12.2. The van der Waals surface area contributed by atoms with Gasteiger partial charge in [0, 0.05) is 41.2 Å². The van der Waals surface area contributed by atoms with Crippen LogP contribution in [-0.2, 0) is 4.74 Å². The summed E-state index contributed by atoms with van der Waals surface area (Å²) in [6.45, 7) is 8.72. The molecule has 1 aliphatic heterocycles. The Morgan fingerprint density at radius 2 is 1.87 bits per heavy atom. The number of carbonyl (C=O) groups is 1. The fourth-order valence-corrected chi connectivity index (χ4v) is 3.98. The highest BCUT2D eigenvalue weighted by molar-refractivity contribution is 5.99. The standard InChI is InChI=1S/C25H29N3O2/c1-4-30-25(29)19-5-10-23-22(16-19)24(15-18(3)26-23)27-20-6-8-21(9-7-20)28-13-11-17(2)12-14-28/h5-10,15-17H,4,11-14H2,1-3H3,(H,26,27). The number of aromatic nitrogens is 1. The Hall–Kier alpha value is -3.08. The molecule has 0 unspecified atom stereocenters. The third-order valence-electron chi connectivity index (χ3n) is 5.74. The SMILES string of the molecule is CCOC(=O)c1ccc2nc(C)cc(Nc3ccc(N4CCC(C)CC4)cc3)c2c1. The molecule has 0 saturated carbocycles. The zero-order valence-electron chi connectivity index (χ0n) is 17.9. The van der Waals surface area contributed by atoms with Crippen LogP contribution in [0.5, 0.6) is 0 Å². The number of rotatable bonds is 5. The fraction of sp³-hybridized carbons (Fsp3) is 0.360. The van der Waals surface area contributed by atoms with Crippen molar-refractivity contribution in [1.82, 2.24) is 4.98 Å². The topological polar surface area (TPSA) is 54.5 Å². The van der Waals surface area contributed by atoms with Crippen molar-refractivity contribution in [2.75, 3.05) is 29.9 Å². The van der Waals surface area contributed by atoms with Crippen LogP contribution >= 0.6 is 0 Å². The van der Waals surface area contributed by atoms with Crippen LogP contribution in [-0.4, -0.2) is 30.6 Å². The molecule has 0 spiro atoms. The Balaban J connectivity index is 1.59. The number of nitrogens with zero attached hydrogens (tertiary/aromatic N) is 2. The number of fused-ring (bicyclic) bond motifs is 1. The summed E-state index contributed by atoms with van der Waals surface area (Å²) in [5.41, 5.74) is 5.53. The highest BCUT2D eigenvalue weighted by Crippen LogP contribution is 2.29. The van der Waals surface area contributed by atoms with Crippen molar-refractivity contribution in [2.45, 2.75) is 33.6 Å². The van der Waals surface area contributed by atoms with Crippen molar-refractivity contribution in [2.24, 2.45) is 5.92 Å². The lowest BCUT2D eigenvalue weighted by Gasteiger charge is -2.32. The van der Waals surface area contributed by atoms with E-state index in [2.05, 4.69) is 46.4 Å². The van der Waals surface area contributed by atoms with Crippen LogP contribution in [0.25, 0.3) is 10.9 Å². The van der Waals surface area contributed by atoms with E-state index >= 15 is 0 Å². The molecular formula is C25H29N3O2. The number of piperidine rings is 1. The van der Waals surface area contributed by atoms with Gasteiger partial charge in [-0.1, -0.05) is 6.92 Å². The van der Waals surface area contributed by atoms with E-state index in [9.17, 15) is 4.79 Å². The maximum Gasteiger partial charge on any atom is 0.338 e. The van der Waals surface area contributed by atoms with Gasteiger partial charge in [0.2, 0.25) is 0 Å². The van der Waals surface area contributed by atoms with Gasteiger partial charge < -0.3 is 15.0 Å². The van der Waals surface area contributed by atoms with Crippen LogP contribution in [0, 0.1) is 12.8 Å². The number of esters is 1. The highest BCUT2D eigenvalue weighted by atomic mass is 16.5. The summed E-state index contributed by atoms with van der Waals surface area (Å²) < 4.78 is 5.15. The number of hydrogen-bond acceptors (Lipinski definition) is 5. The molecule has 0 atom stereocenters. The molecular weight excluding hydrogens is 374 g/mol. The summed E-state index contributed by atoms with van der Waals surface area (Å²) in [7, 11) is 0. The van der Waals surface area contributed by atoms with E-state index in [1.165, 1.54) is 18.5 Å². The maximum atomic E-state index is 12.2. The number of carbonyl (C=O) groups excluding carboxylic acids is 1. The van der Waals surface area contributed by atoms with Crippen LogP contribution in [0.1, 0.15) is 42.7 Å². The van der Waals surface area contributed by atoms with E-state index < -0.39 is 0 Å². The summed E-state index contributed by atoms with van der Waals surface area (Å²) in [6, 6.07) is 16.1. The van der Waals surface area contributed by atoms with Gasteiger partial charge in [0.1, 0.15) is 0 Å². The molecule has 2 heterocycles. The largest absolute Gasteiger partial charge is 0.462 e. The average Bonchev–Trinajstić information content (AvgIpc) is 2.75. The van der Waals surface area contributed by atoms with Gasteiger partial charge in [0.15, 0.2) is 0 Å². The van der Waals surface area contributed by atoms with Crippen LogP contribution in [0.2, 0.25) is 0 Å². The number of nitrogens with one attached hydrogen (secondary N) is 1. The van der Waals surface area contributed by atoms with Crippen molar-refractivity contribution in [1.29, 1.82) is 0 Å². The van der Waals surface area contributed by atoms with Crippen molar-refractivity contribution >= 4 is 33.9 Å². The predicted octanol–water partition coefficient (Wildman–Crippen LogP) is 5.70. The minimum absolute atomic E-state index is 0.314. The summed E-state index contributed by atoms with van der Waals surface area (Å²) in [5, 5.41) is 4.42. The van der Waals surface area contributed by atoms with Crippen LogP contribution in [0.3, 0.4) is 0 Å². The first kappa shape index (κ1) is 20.2. The number of pyridine rings is 1. The van der Waals surface area contributed by atoms with Gasteiger partial charge >= 0.3 is 5.97 Å². The number of ether oxygens (including phenoxy) is 1. The summed E-state index contributed by atoms with van der Waals surface area (Å²) in [5.74, 6) is 0.510. The Morgan fingerprint density at radius 3 is 2.57 bits per heavy atom. The van der Waals surface area contributed by atoms with Crippen molar-refractivity contribution in [3.8, 4) is 0 Å². The lowest BCUT2D eigenvalue weighted by molar-refractivity contribution is 0.0526. The van der Waals surface area contributed by atoms with Crippen LogP contribution in [0.15, 0.2) is 48.5 Å². The van der Waals surface area contributed by atoms with Gasteiger partial charge in [-0.15, -0.1) is 0 Å². The molecule has 5 heteroatoms.